The molecule has 2 rings (SSSR count). The first-order valence-electron chi connectivity index (χ1n) is 5.14. The first kappa shape index (κ1) is 12.9. The molecule has 0 atom stereocenters. The molecule has 6 nitrogen and oxygen atoms in total. The van der Waals surface area contributed by atoms with Crippen molar-refractivity contribution in [3.05, 3.63) is 33.4 Å². The molecule has 0 unspecified atom stereocenters. The van der Waals surface area contributed by atoms with E-state index in [0.29, 0.717) is 24.5 Å². The Kier molecular flexibility index (Phi) is 4.19. The maximum absolute atomic E-state index is 11.8. The number of rotatable bonds is 4. The Morgan fingerprint density at radius 2 is 2.28 bits per heavy atom. The summed E-state index contributed by atoms with van der Waals surface area (Å²) in [4.78, 5) is 16.0. The van der Waals surface area contributed by atoms with Crippen molar-refractivity contribution in [2.45, 2.75) is 6.42 Å². The maximum Gasteiger partial charge on any atom is 0.276 e. The van der Waals surface area contributed by atoms with Crippen LogP contribution in [0.4, 0.5) is 5.82 Å². The summed E-state index contributed by atoms with van der Waals surface area (Å²) in [5, 5.41) is 12.7. The lowest BCUT2D eigenvalue weighted by molar-refractivity contribution is 0.102. The summed E-state index contributed by atoms with van der Waals surface area (Å²) in [6.07, 6.45) is 0.665. The van der Waals surface area contributed by atoms with Gasteiger partial charge < -0.3 is 11.1 Å². The van der Waals surface area contributed by atoms with Crippen molar-refractivity contribution >= 4 is 34.7 Å². The van der Waals surface area contributed by atoms with Crippen molar-refractivity contribution in [1.82, 2.24) is 15.2 Å². The lowest BCUT2D eigenvalue weighted by Gasteiger charge is -2.00. The third-order valence-electron chi connectivity index (χ3n) is 2.02. The van der Waals surface area contributed by atoms with E-state index < -0.39 is 0 Å². The van der Waals surface area contributed by atoms with E-state index in [-0.39, 0.29) is 11.1 Å². The van der Waals surface area contributed by atoms with Crippen molar-refractivity contribution in [2.24, 2.45) is 5.73 Å². The second kappa shape index (κ2) is 5.85. The number of thiazole rings is 1. The molecule has 0 bridgehead atoms. The Hall–Kier alpha value is -1.57. The first-order chi connectivity index (χ1) is 8.69. The fourth-order valence-electron chi connectivity index (χ4n) is 1.22. The number of anilines is 1. The number of amides is 1. The number of hydrogen-bond donors (Lipinski definition) is 2. The van der Waals surface area contributed by atoms with Gasteiger partial charge in [0, 0.05) is 11.8 Å². The summed E-state index contributed by atoms with van der Waals surface area (Å²) in [5.41, 5.74) is 5.77. The molecule has 94 valence electrons. The molecule has 0 aliphatic rings. The van der Waals surface area contributed by atoms with E-state index in [4.69, 9.17) is 17.3 Å². The van der Waals surface area contributed by atoms with Gasteiger partial charge in [0.15, 0.2) is 11.0 Å². The topological polar surface area (TPSA) is 93.8 Å². The molecule has 0 aromatic carbocycles. The summed E-state index contributed by atoms with van der Waals surface area (Å²) in [6.45, 7) is 0.511. The van der Waals surface area contributed by atoms with Gasteiger partial charge in [0.25, 0.3) is 5.91 Å². The van der Waals surface area contributed by atoms with E-state index in [1.807, 2.05) is 0 Å². The summed E-state index contributed by atoms with van der Waals surface area (Å²) in [5.74, 6) is 0.00363. The lowest BCUT2D eigenvalue weighted by Crippen LogP contribution is -2.14. The third-order valence-corrected chi connectivity index (χ3v) is 3.13. The lowest BCUT2D eigenvalue weighted by atomic mass is 10.4. The minimum atomic E-state index is -0.328. The smallest absolute Gasteiger partial charge is 0.276 e. The van der Waals surface area contributed by atoms with Gasteiger partial charge in [0.1, 0.15) is 5.69 Å². The van der Waals surface area contributed by atoms with Crippen LogP contribution in [0.3, 0.4) is 0 Å². The largest absolute Gasteiger partial charge is 0.330 e. The molecule has 0 radical (unpaired) electrons. The zero-order chi connectivity index (χ0) is 13.0. The summed E-state index contributed by atoms with van der Waals surface area (Å²) < 4.78 is 0. The van der Waals surface area contributed by atoms with E-state index in [9.17, 15) is 4.79 Å². The molecular formula is C10H10ClN5OS. The predicted octanol–water partition coefficient (Wildman–Crippen LogP) is 1.34. The van der Waals surface area contributed by atoms with Crippen LogP contribution in [0.1, 0.15) is 15.5 Å². The number of aromatic nitrogens is 3. The highest BCUT2D eigenvalue weighted by molar-refractivity contribution is 7.09. The standard InChI is InChI=1S/C10H10ClN5OS/c11-7-1-2-8(16-15-7)14-10(17)6-5-18-9(13-6)3-4-12/h1-2,5H,3-4,12H2,(H,14,16,17). The van der Waals surface area contributed by atoms with Crippen LogP contribution in [-0.2, 0) is 6.42 Å². The summed E-state index contributed by atoms with van der Waals surface area (Å²) >= 11 is 7.00. The van der Waals surface area contributed by atoms with E-state index in [1.165, 1.54) is 11.3 Å². The molecule has 0 aliphatic carbocycles. The van der Waals surface area contributed by atoms with Crippen LogP contribution >= 0.6 is 22.9 Å². The van der Waals surface area contributed by atoms with Gasteiger partial charge in [-0.15, -0.1) is 21.5 Å². The molecule has 0 fully saturated rings. The van der Waals surface area contributed by atoms with Crippen molar-refractivity contribution in [1.29, 1.82) is 0 Å². The van der Waals surface area contributed by atoms with Gasteiger partial charge in [-0.3, -0.25) is 4.79 Å². The van der Waals surface area contributed by atoms with Crippen LogP contribution in [0.2, 0.25) is 5.15 Å². The Morgan fingerprint density at radius 1 is 1.44 bits per heavy atom. The normalized spacial score (nSPS) is 10.3. The Bertz CT molecular complexity index is 541. The molecular weight excluding hydrogens is 274 g/mol. The maximum atomic E-state index is 11.8. The first-order valence-corrected chi connectivity index (χ1v) is 6.40. The number of nitrogens with zero attached hydrogens (tertiary/aromatic N) is 3. The van der Waals surface area contributed by atoms with Crippen LogP contribution in [0.25, 0.3) is 0 Å². The molecule has 2 aromatic heterocycles. The van der Waals surface area contributed by atoms with E-state index in [1.54, 1.807) is 17.5 Å². The van der Waals surface area contributed by atoms with Gasteiger partial charge in [0.2, 0.25) is 0 Å². The Balaban J connectivity index is 2.04. The van der Waals surface area contributed by atoms with E-state index >= 15 is 0 Å². The van der Waals surface area contributed by atoms with Crippen LogP contribution < -0.4 is 11.1 Å². The molecule has 0 saturated heterocycles. The molecule has 0 saturated carbocycles. The van der Waals surface area contributed by atoms with E-state index in [2.05, 4.69) is 20.5 Å². The Morgan fingerprint density at radius 3 is 2.94 bits per heavy atom. The molecule has 18 heavy (non-hydrogen) atoms. The highest BCUT2D eigenvalue weighted by Crippen LogP contribution is 2.12. The number of carbonyl (C=O) groups is 1. The monoisotopic (exact) mass is 283 g/mol. The molecule has 1 amide bonds. The zero-order valence-electron chi connectivity index (χ0n) is 9.26. The molecule has 3 N–H and O–H groups in total. The molecule has 0 aliphatic heterocycles. The number of carbonyl (C=O) groups excluding carboxylic acids is 1. The molecule has 2 heterocycles. The summed E-state index contributed by atoms with van der Waals surface area (Å²) in [6, 6.07) is 3.12. The van der Waals surface area contributed by atoms with Crippen molar-refractivity contribution in [2.75, 3.05) is 11.9 Å². The number of halogens is 1. The average Bonchev–Trinajstić information content (AvgIpc) is 2.81. The van der Waals surface area contributed by atoms with Gasteiger partial charge in [-0.1, -0.05) is 11.6 Å². The van der Waals surface area contributed by atoms with Crippen LogP contribution in [0, 0.1) is 0 Å². The van der Waals surface area contributed by atoms with Gasteiger partial charge >= 0.3 is 0 Å². The fourth-order valence-corrected chi connectivity index (χ4v) is 2.11. The Labute approximate surface area is 112 Å². The molecule has 2 aromatic rings. The zero-order valence-corrected chi connectivity index (χ0v) is 10.8. The molecule has 0 spiro atoms. The highest BCUT2D eigenvalue weighted by Gasteiger charge is 2.11. The van der Waals surface area contributed by atoms with Crippen LogP contribution in [0.15, 0.2) is 17.5 Å². The van der Waals surface area contributed by atoms with Gasteiger partial charge in [-0.25, -0.2) is 4.98 Å². The van der Waals surface area contributed by atoms with Crippen molar-refractivity contribution in [3.63, 3.8) is 0 Å². The van der Waals surface area contributed by atoms with Gasteiger partial charge in [0.05, 0.1) is 5.01 Å². The van der Waals surface area contributed by atoms with Gasteiger partial charge in [-0.2, -0.15) is 0 Å². The van der Waals surface area contributed by atoms with Gasteiger partial charge in [-0.05, 0) is 18.7 Å². The van der Waals surface area contributed by atoms with E-state index in [0.717, 1.165) is 5.01 Å². The van der Waals surface area contributed by atoms with Crippen LogP contribution in [0.5, 0.6) is 0 Å². The highest BCUT2D eigenvalue weighted by atomic mass is 35.5. The third kappa shape index (κ3) is 3.22. The minimum Gasteiger partial charge on any atom is -0.330 e. The SMILES string of the molecule is NCCc1nc(C(=O)Nc2ccc(Cl)nn2)cs1. The number of hydrogen-bond acceptors (Lipinski definition) is 6. The van der Waals surface area contributed by atoms with Crippen LogP contribution in [-0.4, -0.2) is 27.6 Å². The predicted molar refractivity (Wildman–Crippen MR) is 69.9 cm³/mol. The quantitative estimate of drug-likeness (QED) is 0.883. The number of nitrogens with one attached hydrogen (secondary N) is 1. The number of nitrogens with two attached hydrogens (primary N) is 1. The summed E-state index contributed by atoms with van der Waals surface area (Å²) in [7, 11) is 0. The second-order valence-corrected chi connectivity index (χ2v) is 4.69. The fraction of sp³-hybridized carbons (Fsp3) is 0.200. The minimum absolute atomic E-state index is 0.270. The average molecular weight is 284 g/mol. The van der Waals surface area contributed by atoms with Crippen molar-refractivity contribution < 1.29 is 4.79 Å². The molecule has 8 heteroatoms. The second-order valence-electron chi connectivity index (χ2n) is 3.36. The van der Waals surface area contributed by atoms with Crippen molar-refractivity contribution in [3.8, 4) is 0 Å².